The molecule has 0 rings (SSSR count). The van der Waals surface area contributed by atoms with E-state index in [0.29, 0.717) is 6.61 Å². The Balaban J connectivity index is 3.93. The summed E-state index contributed by atoms with van der Waals surface area (Å²) < 4.78 is 29.2. The molecule has 0 aromatic heterocycles. The molecule has 0 radical (unpaired) electrons. The van der Waals surface area contributed by atoms with E-state index in [4.69, 9.17) is 4.74 Å². The van der Waals surface area contributed by atoms with Gasteiger partial charge in [0.25, 0.3) is 0 Å². The van der Waals surface area contributed by atoms with Crippen molar-refractivity contribution in [1.82, 2.24) is 4.72 Å². The van der Waals surface area contributed by atoms with Gasteiger partial charge in [-0.2, -0.15) is 0 Å². The van der Waals surface area contributed by atoms with Gasteiger partial charge >= 0.3 is 0 Å². The summed E-state index contributed by atoms with van der Waals surface area (Å²) in [4.78, 5) is 0. The van der Waals surface area contributed by atoms with Crippen LogP contribution in [0.5, 0.6) is 0 Å². The molecule has 0 aliphatic carbocycles. The number of ether oxygens (including phenoxy) is 1. The topological polar surface area (TPSA) is 55.4 Å². The molecule has 0 spiro atoms. The van der Waals surface area contributed by atoms with Gasteiger partial charge in [-0.1, -0.05) is 0 Å². The van der Waals surface area contributed by atoms with Crippen molar-refractivity contribution in [3.63, 3.8) is 0 Å². The molecule has 4 nitrogen and oxygen atoms in total. The van der Waals surface area contributed by atoms with Gasteiger partial charge in [0, 0.05) is 6.61 Å². The van der Waals surface area contributed by atoms with E-state index in [1.807, 2.05) is 6.92 Å². The zero-order chi connectivity index (χ0) is 8.91. The molecule has 11 heavy (non-hydrogen) atoms. The zero-order valence-corrected chi connectivity index (χ0v) is 7.94. The van der Waals surface area contributed by atoms with Crippen LogP contribution < -0.4 is 4.72 Å². The third-order valence-electron chi connectivity index (χ3n) is 1.37. The number of rotatable bonds is 5. The van der Waals surface area contributed by atoms with Crippen LogP contribution >= 0.6 is 0 Å². The van der Waals surface area contributed by atoms with Crippen LogP contribution in [0.4, 0.5) is 0 Å². The number of hydrogen-bond donors (Lipinski definition) is 1. The average Bonchev–Trinajstić information content (AvgIpc) is 2.00. The SMILES string of the molecule is CCOCC(C)S(=O)(=O)NC. The van der Waals surface area contributed by atoms with E-state index in [-0.39, 0.29) is 6.61 Å². The first-order valence-electron chi connectivity index (χ1n) is 3.54. The maximum atomic E-state index is 11.0. The molecule has 0 aromatic rings. The van der Waals surface area contributed by atoms with Crippen molar-refractivity contribution in [3.05, 3.63) is 0 Å². The minimum absolute atomic E-state index is 0.250. The smallest absolute Gasteiger partial charge is 0.216 e. The van der Waals surface area contributed by atoms with Crippen LogP contribution in [-0.2, 0) is 14.8 Å². The van der Waals surface area contributed by atoms with E-state index in [1.165, 1.54) is 7.05 Å². The van der Waals surface area contributed by atoms with Crippen molar-refractivity contribution >= 4 is 10.0 Å². The van der Waals surface area contributed by atoms with E-state index < -0.39 is 15.3 Å². The van der Waals surface area contributed by atoms with Gasteiger partial charge in [-0.15, -0.1) is 0 Å². The highest BCUT2D eigenvalue weighted by atomic mass is 32.2. The second-order valence-corrected chi connectivity index (χ2v) is 4.52. The monoisotopic (exact) mass is 181 g/mol. The molecule has 0 saturated heterocycles. The lowest BCUT2D eigenvalue weighted by molar-refractivity contribution is 0.149. The van der Waals surface area contributed by atoms with Crippen molar-refractivity contribution in [2.45, 2.75) is 19.1 Å². The molecule has 0 aliphatic heterocycles. The highest BCUT2D eigenvalue weighted by Crippen LogP contribution is 1.97. The van der Waals surface area contributed by atoms with E-state index in [1.54, 1.807) is 6.92 Å². The zero-order valence-electron chi connectivity index (χ0n) is 7.12. The van der Waals surface area contributed by atoms with E-state index >= 15 is 0 Å². The van der Waals surface area contributed by atoms with Gasteiger partial charge in [0.15, 0.2) is 0 Å². The second kappa shape index (κ2) is 4.69. The normalized spacial score (nSPS) is 14.8. The minimum atomic E-state index is -3.15. The van der Waals surface area contributed by atoms with Gasteiger partial charge in [-0.05, 0) is 20.9 Å². The quantitative estimate of drug-likeness (QED) is 0.647. The molecule has 1 unspecified atom stereocenters. The molecule has 0 aromatic carbocycles. The summed E-state index contributed by atoms with van der Waals surface area (Å²) in [6.45, 7) is 4.24. The summed E-state index contributed by atoms with van der Waals surface area (Å²) in [5, 5.41) is -0.479. The molecule has 0 bridgehead atoms. The fraction of sp³-hybridized carbons (Fsp3) is 1.00. The fourth-order valence-corrected chi connectivity index (χ4v) is 1.25. The molecule has 0 heterocycles. The van der Waals surface area contributed by atoms with Crippen LogP contribution in [0.3, 0.4) is 0 Å². The standard InChI is InChI=1S/C6H15NO3S/c1-4-10-5-6(2)11(8,9)7-3/h6-7H,4-5H2,1-3H3. The Labute approximate surface area is 68.0 Å². The highest BCUT2D eigenvalue weighted by molar-refractivity contribution is 7.90. The van der Waals surface area contributed by atoms with E-state index in [0.717, 1.165) is 0 Å². The summed E-state index contributed by atoms with van der Waals surface area (Å²) in [6.07, 6.45) is 0. The lowest BCUT2D eigenvalue weighted by atomic mass is 10.5. The molecule has 0 saturated carbocycles. The van der Waals surface area contributed by atoms with Gasteiger partial charge in [-0.25, -0.2) is 13.1 Å². The third-order valence-corrected chi connectivity index (χ3v) is 3.14. The summed E-state index contributed by atoms with van der Waals surface area (Å²) in [6, 6.07) is 0. The molecular formula is C6H15NO3S. The summed E-state index contributed by atoms with van der Waals surface area (Å²) >= 11 is 0. The number of nitrogens with one attached hydrogen (secondary N) is 1. The van der Waals surface area contributed by atoms with Gasteiger partial charge in [0.1, 0.15) is 0 Å². The molecule has 0 aliphatic rings. The Bertz CT molecular complexity index is 188. The van der Waals surface area contributed by atoms with Crippen LogP contribution in [0.2, 0.25) is 0 Å². The predicted molar refractivity (Wildman–Crippen MR) is 43.9 cm³/mol. The number of sulfonamides is 1. The molecule has 5 heteroatoms. The second-order valence-electron chi connectivity index (χ2n) is 2.22. The van der Waals surface area contributed by atoms with Gasteiger partial charge in [-0.3, -0.25) is 0 Å². The summed E-state index contributed by atoms with van der Waals surface area (Å²) in [5.41, 5.74) is 0. The first kappa shape index (κ1) is 10.9. The van der Waals surface area contributed by atoms with Crippen molar-refractivity contribution in [2.75, 3.05) is 20.3 Å². The van der Waals surface area contributed by atoms with Crippen molar-refractivity contribution < 1.29 is 13.2 Å². The van der Waals surface area contributed by atoms with Crippen LogP contribution in [0.1, 0.15) is 13.8 Å². The molecule has 0 fully saturated rings. The van der Waals surface area contributed by atoms with Gasteiger partial charge in [0.2, 0.25) is 10.0 Å². The van der Waals surface area contributed by atoms with E-state index in [2.05, 4.69) is 4.72 Å². The minimum Gasteiger partial charge on any atom is -0.380 e. The maximum Gasteiger partial charge on any atom is 0.216 e. The summed E-state index contributed by atoms with van der Waals surface area (Å²) in [7, 11) is -1.74. The molecule has 0 amide bonds. The Morgan fingerprint density at radius 1 is 1.55 bits per heavy atom. The fourth-order valence-electron chi connectivity index (χ4n) is 0.575. The first-order valence-corrected chi connectivity index (χ1v) is 5.09. The first-order chi connectivity index (χ1) is 5.04. The molecular weight excluding hydrogens is 166 g/mol. The van der Waals surface area contributed by atoms with E-state index in [9.17, 15) is 8.42 Å². The van der Waals surface area contributed by atoms with Gasteiger partial charge < -0.3 is 4.74 Å². The van der Waals surface area contributed by atoms with Crippen LogP contribution in [0.25, 0.3) is 0 Å². The van der Waals surface area contributed by atoms with Gasteiger partial charge in [0.05, 0.1) is 11.9 Å². The lowest BCUT2D eigenvalue weighted by Crippen LogP contribution is -2.32. The van der Waals surface area contributed by atoms with Crippen molar-refractivity contribution in [1.29, 1.82) is 0 Å². The molecule has 1 N–H and O–H groups in total. The predicted octanol–water partition coefficient (Wildman–Crippen LogP) is -0.0394. The largest absolute Gasteiger partial charge is 0.380 e. The summed E-state index contributed by atoms with van der Waals surface area (Å²) in [5.74, 6) is 0. The third kappa shape index (κ3) is 3.69. The highest BCUT2D eigenvalue weighted by Gasteiger charge is 2.17. The molecule has 1 atom stereocenters. The van der Waals surface area contributed by atoms with Crippen LogP contribution in [-0.4, -0.2) is 33.9 Å². The number of hydrogen-bond acceptors (Lipinski definition) is 3. The Morgan fingerprint density at radius 3 is 2.45 bits per heavy atom. The van der Waals surface area contributed by atoms with Crippen LogP contribution in [0.15, 0.2) is 0 Å². The lowest BCUT2D eigenvalue weighted by Gasteiger charge is -2.10. The average molecular weight is 181 g/mol. The van der Waals surface area contributed by atoms with Crippen molar-refractivity contribution in [2.24, 2.45) is 0 Å². The van der Waals surface area contributed by atoms with Crippen molar-refractivity contribution in [3.8, 4) is 0 Å². The van der Waals surface area contributed by atoms with Crippen LogP contribution in [0, 0.1) is 0 Å². The Morgan fingerprint density at radius 2 is 2.09 bits per heavy atom. The Kier molecular flexibility index (Phi) is 4.63. The maximum absolute atomic E-state index is 11.0. The molecule has 68 valence electrons. The Hall–Kier alpha value is -0.130.